The molecule has 14 nitrogen and oxygen atoms in total. The van der Waals surface area contributed by atoms with E-state index in [0.717, 1.165) is 0 Å². The van der Waals surface area contributed by atoms with Gasteiger partial charge in [-0.2, -0.15) is 12.7 Å². The van der Waals surface area contributed by atoms with Crippen molar-refractivity contribution in [2.24, 2.45) is 17.8 Å². The summed E-state index contributed by atoms with van der Waals surface area (Å²) in [6.07, 6.45) is -7.30. The summed E-state index contributed by atoms with van der Waals surface area (Å²) < 4.78 is 57.0. The fourth-order valence-electron chi connectivity index (χ4n) is 7.89. The Morgan fingerprint density at radius 1 is 0.982 bits per heavy atom. The SMILES string of the molecule is CC[C@H]1OC(=O)[C@H](C)[C@@H](O)[C@H](C)[C@@H](O[C@H]2O[C@@H](C)C[C@@H](N(C)S(=O)(=O)Nc3ccccc3)[C@@H]2Oc2ccccc2)[C@](C)(O)C[C@@H](C)CN[C@H](C)[C@@H](O)[C@]1(C)O. The summed E-state index contributed by atoms with van der Waals surface area (Å²) in [7, 11) is -2.67. The van der Waals surface area contributed by atoms with Gasteiger partial charge in [-0.3, -0.25) is 9.52 Å². The molecule has 0 aliphatic carbocycles. The van der Waals surface area contributed by atoms with E-state index < -0.39 is 94.2 Å². The number of nitrogens with one attached hydrogen (secondary N) is 2. The van der Waals surface area contributed by atoms with E-state index in [0.29, 0.717) is 18.0 Å². The third kappa shape index (κ3) is 11.0. The molecule has 15 heteroatoms. The Kier molecular flexibility index (Phi) is 15.2. The normalized spacial score (nSPS) is 38.7. The fraction of sp³-hybridized carbons (Fsp3) is 0.675. The van der Waals surface area contributed by atoms with E-state index in [4.69, 9.17) is 18.9 Å². The molecule has 2 aromatic rings. The lowest BCUT2D eigenvalue weighted by molar-refractivity contribution is -0.293. The maximum Gasteiger partial charge on any atom is 0.311 e. The number of aliphatic hydroxyl groups excluding tert-OH is 2. The van der Waals surface area contributed by atoms with Crippen molar-refractivity contribution in [3.63, 3.8) is 0 Å². The topological polar surface area (TPSA) is 196 Å². The zero-order chi connectivity index (χ0) is 40.9. The number of para-hydroxylation sites is 2. The van der Waals surface area contributed by atoms with E-state index in [2.05, 4.69) is 10.0 Å². The van der Waals surface area contributed by atoms with Crippen molar-refractivity contribution in [1.82, 2.24) is 9.62 Å². The van der Waals surface area contributed by atoms with Gasteiger partial charge >= 0.3 is 16.2 Å². The van der Waals surface area contributed by atoms with Crippen LogP contribution in [0.1, 0.15) is 74.7 Å². The minimum absolute atomic E-state index is 0.141. The molecule has 0 spiro atoms. The van der Waals surface area contributed by atoms with Crippen LogP contribution in [0.15, 0.2) is 60.7 Å². The first-order valence-electron chi connectivity index (χ1n) is 19.3. The summed E-state index contributed by atoms with van der Waals surface area (Å²) in [6, 6.07) is 15.9. The lowest BCUT2D eigenvalue weighted by Crippen LogP contribution is -2.62. The summed E-state index contributed by atoms with van der Waals surface area (Å²) in [4.78, 5) is 13.6. The first-order valence-corrected chi connectivity index (χ1v) is 20.7. The van der Waals surface area contributed by atoms with Gasteiger partial charge in [0.1, 0.15) is 23.6 Å². The van der Waals surface area contributed by atoms with Crippen molar-refractivity contribution in [3.05, 3.63) is 60.7 Å². The molecule has 0 saturated carbocycles. The summed E-state index contributed by atoms with van der Waals surface area (Å²) in [5, 5.41) is 50.0. The van der Waals surface area contributed by atoms with Crippen molar-refractivity contribution >= 4 is 21.9 Å². The number of hydrogen-bond acceptors (Lipinski definition) is 12. The molecule has 310 valence electrons. The van der Waals surface area contributed by atoms with Gasteiger partial charge in [0.25, 0.3) is 0 Å². The molecule has 0 unspecified atom stereocenters. The summed E-state index contributed by atoms with van der Waals surface area (Å²) in [6.45, 7) is 13.6. The summed E-state index contributed by atoms with van der Waals surface area (Å²) >= 11 is 0. The Bertz CT molecular complexity index is 1620. The van der Waals surface area contributed by atoms with Gasteiger partial charge in [-0.15, -0.1) is 0 Å². The molecule has 0 amide bonds. The lowest BCUT2D eigenvalue weighted by Gasteiger charge is -2.47. The molecule has 2 aliphatic rings. The average Bonchev–Trinajstić information content (AvgIpc) is 3.14. The van der Waals surface area contributed by atoms with Crippen LogP contribution < -0.4 is 14.8 Å². The van der Waals surface area contributed by atoms with E-state index in [1.807, 2.05) is 13.0 Å². The predicted molar refractivity (Wildman–Crippen MR) is 208 cm³/mol. The van der Waals surface area contributed by atoms with Gasteiger partial charge in [0.15, 0.2) is 12.4 Å². The number of rotatable bonds is 9. The number of carbonyl (C=O) groups is 1. The highest BCUT2D eigenvalue weighted by atomic mass is 32.2. The summed E-state index contributed by atoms with van der Waals surface area (Å²) in [5.41, 5.74) is -3.09. The highest BCUT2D eigenvalue weighted by Crippen LogP contribution is 2.37. The van der Waals surface area contributed by atoms with E-state index in [-0.39, 0.29) is 25.2 Å². The highest BCUT2D eigenvalue weighted by Gasteiger charge is 2.51. The van der Waals surface area contributed by atoms with E-state index in [1.54, 1.807) is 89.2 Å². The van der Waals surface area contributed by atoms with Gasteiger partial charge < -0.3 is 44.7 Å². The monoisotopic (exact) mass is 793 g/mol. The van der Waals surface area contributed by atoms with Crippen LogP contribution in [0.25, 0.3) is 0 Å². The van der Waals surface area contributed by atoms with Crippen LogP contribution in [0.4, 0.5) is 5.69 Å². The van der Waals surface area contributed by atoms with Crippen LogP contribution in [0.3, 0.4) is 0 Å². The Morgan fingerprint density at radius 2 is 1.58 bits per heavy atom. The number of likely N-dealkylation sites (N-methyl/N-ethyl adjacent to an activating group) is 1. The number of carbonyl (C=O) groups excluding carboxylic acids is 1. The standard InChI is InChI=1S/C40H63N3O11S/c1-10-32-40(8,48)35(45)28(6)41-23-24(2)22-39(7,47)36(26(4)33(44)27(5)37(46)53-32)54-38-34(52-30-19-15-12-16-20-30)31(21-25(3)51-38)43(9)55(49,50)42-29-17-13-11-14-18-29/h11-20,24-28,31-36,38,41-42,44-45,47-48H,10,21-23H2,1-9H3/t24-,25+,26+,27-,28-,31-,32-,33+,34+,35-,36-,38-,39-,40-/m1/s1. The molecule has 2 heterocycles. The fourth-order valence-corrected chi connectivity index (χ4v) is 9.03. The first kappa shape index (κ1) is 44.8. The van der Waals surface area contributed by atoms with Gasteiger partial charge in [-0.25, -0.2) is 0 Å². The average molecular weight is 794 g/mol. The molecule has 6 N–H and O–H groups in total. The highest BCUT2D eigenvalue weighted by molar-refractivity contribution is 7.90. The Morgan fingerprint density at radius 3 is 2.18 bits per heavy atom. The molecule has 2 aromatic carbocycles. The minimum atomic E-state index is -4.13. The van der Waals surface area contributed by atoms with Crippen molar-refractivity contribution in [2.45, 2.75) is 141 Å². The Hall–Kier alpha value is -2.86. The molecule has 0 aromatic heterocycles. The molecular weight excluding hydrogens is 731 g/mol. The maximum atomic E-state index is 13.8. The number of ether oxygens (including phenoxy) is 4. The molecular formula is C40H63N3O11S. The van der Waals surface area contributed by atoms with E-state index >= 15 is 0 Å². The third-order valence-electron chi connectivity index (χ3n) is 11.2. The van der Waals surface area contributed by atoms with Crippen LogP contribution in [0.2, 0.25) is 0 Å². The number of hydrogen-bond donors (Lipinski definition) is 6. The quantitative estimate of drug-likeness (QED) is 0.203. The second kappa shape index (κ2) is 18.6. The first-order chi connectivity index (χ1) is 25.7. The van der Waals surface area contributed by atoms with Gasteiger partial charge in [-0.05, 0) is 90.6 Å². The van der Waals surface area contributed by atoms with Crippen LogP contribution in [0, 0.1) is 17.8 Å². The molecule has 2 aliphatic heterocycles. The van der Waals surface area contributed by atoms with Crippen molar-refractivity contribution in [2.75, 3.05) is 18.3 Å². The molecule has 55 heavy (non-hydrogen) atoms. The number of esters is 1. The molecule has 0 radical (unpaired) electrons. The third-order valence-corrected chi connectivity index (χ3v) is 12.7. The number of aliphatic hydroxyl groups is 4. The zero-order valence-electron chi connectivity index (χ0n) is 33.5. The Balaban J connectivity index is 1.75. The smallest absolute Gasteiger partial charge is 0.311 e. The van der Waals surface area contributed by atoms with Crippen LogP contribution in [0.5, 0.6) is 5.75 Å². The molecule has 2 fully saturated rings. The molecule has 0 bridgehead atoms. The predicted octanol–water partition coefficient (Wildman–Crippen LogP) is 3.45. The zero-order valence-corrected chi connectivity index (χ0v) is 34.3. The van der Waals surface area contributed by atoms with E-state index in [1.165, 1.54) is 25.2 Å². The van der Waals surface area contributed by atoms with Gasteiger partial charge in [0.05, 0.1) is 35.9 Å². The summed E-state index contributed by atoms with van der Waals surface area (Å²) in [5.74, 6) is -2.66. The number of anilines is 1. The van der Waals surface area contributed by atoms with Crippen molar-refractivity contribution in [1.29, 1.82) is 0 Å². The second-order valence-electron chi connectivity index (χ2n) is 16.1. The molecule has 4 rings (SSSR count). The van der Waals surface area contributed by atoms with Crippen LogP contribution in [-0.2, 0) is 29.2 Å². The lowest BCUT2D eigenvalue weighted by atomic mass is 9.78. The number of nitrogens with zero attached hydrogens (tertiary/aromatic N) is 1. The van der Waals surface area contributed by atoms with Crippen LogP contribution in [-0.4, -0.2) is 119 Å². The number of cyclic esters (lactones) is 1. The molecule has 2 saturated heterocycles. The van der Waals surface area contributed by atoms with Crippen molar-refractivity contribution in [3.8, 4) is 5.75 Å². The second-order valence-corrected chi connectivity index (χ2v) is 17.8. The maximum absolute atomic E-state index is 13.8. The van der Waals surface area contributed by atoms with Gasteiger partial charge in [-0.1, -0.05) is 57.2 Å². The minimum Gasteiger partial charge on any atom is -0.483 e. The van der Waals surface area contributed by atoms with E-state index in [9.17, 15) is 33.6 Å². The largest absolute Gasteiger partial charge is 0.483 e. The Labute approximate surface area is 326 Å². The molecule has 14 atom stereocenters. The van der Waals surface area contributed by atoms with Crippen molar-refractivity contribution < 1.29 is 52.6 Å². The van der Waals surface area contributed by atoms with Gasteiger partial charge in [0, 0.05) is 24.7 Å². The van der Waals surface area contributed by atoms with Gasteiger partial charge in [0.2, 0.25) is 0 Å². The number of benzene rings is 2. The van der Waals surface area contributed by atoms with Crippen LogP contribution >= 0.6 is 0 Å².